The lowest BCUT2D eigenvalue weighted by molar-refractivity contribution is 0.0913. The molecule has 1 aliphatic carbocycles. The third-order valence-corrected chi connectivity index (χ3v) is 4.46. The Bertz CT molecular complexity index is 540. The molecule has 1 fully saturated rings. The van der Waals surface area contributed by atoms with Crippen LogP contribution in [0.5, 0.6) is 0 Å². The van der Waals surface area contributed by atoms with Crippen molar-refractivity contribution in [3.63, 3.8) is 0 Å². The summed E-state index contributed by atoms with van der Waals surface area (Å²) in [5.41, 5.74) is 0.581. The Hall–Kier alpha value is -1.53. The molecule has 20 heavy (non-hydrogen) atoms. The van der Waals surface area contributed by atoms with E-state index in [1.807, 2.05) is 19.1 Å². The smallest absolute Gasteiger partial charge is 0.254 e. The Kier molecular flexibility index (Phi) is 4.67. The van der Waals surface area contributed by atoms with E-state index in [4.69, 9.17) is 11.6 Å². The van der Waals surface area contributed by atoms with E-state index in [2.05, 4.69) is 11.4 Å². The topological polar surface area (TPSA) is 52.9 Å². The fourth-order valence-electron chi connectivity index (χ4n) is 2.70. The molecule has 1 aromatic carbocycles. The first-order chi connectivity index (χ1) is 9.58. The molecule has 0 atom stereocenters. The highest BCUT2D eigenvalue weighted by atomic mass is 35.5. The normalized spacial score (nSPS) is 17.9. The van der Waals surface area contributed by atoms with Gasteiger partial charge in [0.15, 0.2) is 0 Å². The summed E-state index contributed by atoms with van der Waals surface area (Å²) in [6.45, 7) is 1.87. The van der Waals surface area contributed by atoms with Gasteiger partial charge in [-0.15, -0.1) is 0 Å². The Morgan fingerprint density at radius 3 is 2.55 bits per heavy atom. The van der Waals surface area contributed by atoms with E-state index in [0.717, 1.165) is 44.1 Å². The minimum absolute atomic E-state index is 0.248. The van der Waals surface area contributed by atoms with Gasteiger partial charge >= 0.3 is 0 Å². The average Bonchev–Trinajstić information content (AvgIpc) is 2.68. The maximum absolute atomic E-state index is 12.4. The number of aryl methyl sites for hydroxylation is 1. The highest BCUT2D eigenvalue weighted by Crippen LogP contribution is 2.28. The number of benzene rings is 1. The lowest BCUT2D eigenvalue weighted by atomic mass is 9.91. The second-order valence-electron chi connectivity index (χ2n) is 5.50. The maximum atomic E-state index is 12.4. The summed E-state index contributed by atoms with van der Waals surface area (Å²) in [5, 5.41) is 12.9. The van der Waals surface area contributed by atoms with Crippen molar-refractivity contribution in [3.8, 4) is 6.07 Å². The minimum Gasteiger partial charge on any atom is -0.334 e. The largest absolute Gasteiger partial charge is 0.334 e. The van der Waals surface area contributed by atoms with Crippen molar-refractivity contribution in [2.45, 2.75) is 51.0 Å². The van der Waals surface area contributed by atoms with Crippen LogP contribution in [-0.4, -0.2) is 11.4 Å². The lowest BCUT2D eigenvalue weighted by Gasteiger charge is -2.26. The fourth-order valence-corrected chi connectivity index (χ4v) is 2.92. The van der Waals surface area contributed by atoms with Crippen molar-refractivity contribution >= 4 is 17.5 Å². The molecular weight excluding hydrogens is 272 g/mol. The monoisotopic (exact) mass is 290 g/mol. The molecule has 0 saturated heterocycles. The molecule has 1 N–H and O–H groups in total. The number of nitrogens with zero attached hydrogens (tertiary/aromatic N) is 1. The molecule has 3 nitrogen and oxygen atoms in total. The van der Waals surface area contributed by atoms with Crippen molar-refractivity contribution in [2.24, 2.45) is 0 Å². The van der Waals surface area contributed by atoms with Gasteiger partial charge in [0, 0.05) is 0 Å². The number of carbonyl (C=O) groups excluding carboxylic acids is 1. The van der Waals surface area contributed by atoms with Gasteiger partial charge in [0.05, 0.1) is 16.7 Å². The number of amides is 1. The molecule has 2 rings (SSSR count). The van der Waals surface area contributed by atoms with Gasteiger partial charge in [-0.1, -0.05) is 49.4 Å². The summed E-state index contributed by atoms with van der Waals surface area (Å²) >= 11 is 6.18. The van der Waals surface area contributed by atoms with Crippen LogP contribution in [0.2, 0.25) is 5.02 Å². The third-order valence-electron chi connectivity index (χ3n) is 3.96. The predicted molar refractivity (Wildman–Crippen MR) is 79.7 cm³/mol. The zero-order valence-corrected chi connectivity index (χ0v) is 12.5. The van der Waals surface area contributed by atoms with Gasteiger partial charge in [-0.05, 0) is 31.4 Å². The van der Waals surface area contributed by atoms with Crippen LogP contribution in [0, 0.1) is 18.3 Å². The van der Waals surface area contributed by atoms with Crippen LogP contribution in [0.1, 0.15) is 54.4 Å². The zero-order valence-electron chi connectivity index (χ0n) is 11.7. The number of nitriles is 1. The number of hydrogen-bond donors (Lipinski definition) is 1. The summed E-state index contributed by atoms with van der Waals surface area (Å²) in [4.78, 5) is 12.4. The van der Waals surface area contributed by atoms with Gasteiger partial charge in [-0.2, -0.15) is 5.26 Å². The first kappa shape index (κ1) is 14.9. The Morgan fingerprint density at radius 1 is 1.30 bits per heavy atom. The van der Waals surface area contributed by atoms with E-state index in [1.54, 1.807) is 6.07 Å². The summed E-state index contributed by atoms with van der Waals surface area (Å²) in [7, 11) is 0. The van der Waals surface area contributed by atoms with Crippen molar-refractivity contribution in [2.75, 3.05) is 0 Å². The standard InChI is InChI=1S/C16H19ClN2O/c1-12-7-6-8-13(14(12)17)15(20)19-16(11-18)9-4-2-3-5-10-16/h6-8H,2-5,9-10H2,1H3,(H,19,20). The molecule has 1 saturated carbocycles. The van der Waals surface area contributed by atoms with Crippen molar-refractivity contribution in [1.29, 1.82) is 5.26 Å². The van der Waals surface area contributed by atoms with E-state index in [9.17, 15) is 10.1 Å². The van der Waals surface area contributed by atoms with Crippen LogP contribution in [0.4, 0.5) is 0 Å². The number of rotatable bonds is 2. The van der Waals surface area contributed by atoms with Gasteiger partial charge in [0.1, 0.15) is 5.54 Å². The third kappa shape index (κ3) is 3.13. The SMILES string of the molecule is Cc1cccc(C(=O)NC2(C#N)CCCCCC2)c1Cl. The number of halogens is 1. The van der Waals surface area contributed by atoms with Gasteiger partial charge in [-0.25, -0.2) is 0 Å². The second-order valence-corrected chi connectivity index (χ2v) is 5.88. The van der Waals surface area contributed by atoms with Gasteiger partial charge in [0.2, 0.25) is 0 Å². The van der Waals surface area contributed by atoms with Gasteiger partial charge in [-0.3, -0.25) is 4.79 Å². The predicted octanol–water partition coefficient (Wildman–Crippen LogP) is 3.99. The molecule has 1 amide bonds. The fraction of sp³-hybridized carbons (Fsp3) is 0.500. The highest BCUT2D eigenvalue weighted by Gasteiger charge is 2.33. The van der Waals surface area contributed by atoms with E-state index in [0.29, 0.717) is 10.6 Å². The van der Waals surface area contributed by atoms with Crippen LogP contribution < -0.4 is 5.32 Å². The first-order valence-corrected chi connectivity index (χ1v) is 7.45. The first-order valence-electron chi connectivity index (χ1n) is 7.07. The Labute approximate surface area is 124 Å². The summed E-state index contributed by atoms with van der Waals surface area (Å²) in [6, 6.07) is 7.69. The molecule has 106 valence electrons. The molecule has 0 bridgehead atoms. The van der Waals surface area contributed by atoms with Gasteiger partial charge < -0.3 is 5.32 Å². The number of carbonyl (C=O) groups is 1. The minimum atomic E-state index is -0.735. The van der Waals surface area contributed by atoms with E-state index < -0.39 is 5.54 Å². The highest BCUT2D eigenvalue weighted by molar-refractivity contribution is 6.34. The van der Waals surface area contributed by atoms with Crippen LogP contribution in [0.3, 0.4) is 0 Å². The molecule has 0 spiro atoms. The van der Waals surface area contributed by atoms with Crippen LogP contribution in [0.15, 0.2) is 18.2 Å². The van der Waals surface area contributed by atoms with Crippen LogP contribution in [-0.2, 0) is 0 Å². The van der Waals surface area contributed by atoms with Gasteiger partial charge in [0.25, 0.3) is 5.91 Å². The molecule has 4 heteroatoms. The van der Waals surface area contributed by atoms with E-state index >= 15 is 0 Å². The maximum Gasteiger partial charge on any atom is 0.254 e. The number of hydrogen-bond acceptors (Lipinski definition) is 2. The van der Waals surface area contributed by atoms with Crippen molar-refractivity contribution in [3.05, 3.63) is 34.3 Å². The molecule has 1 aliphatic rings. The molecule has 0 radical (unpaired) electrons. The Morgan fingerprint density at radius 2 is 1.95 bits per heavy atom. The molecule has 0 aromatic heterocycles. The number of nitrogens with one attached hydrogen (secondary N) is 1. The molecule has 0 aliphatic heterocycles. The molecule has 0 heterocycles. The molecule has 1 aromatic rings. The van der Waals surface area contributed by atoms with Crippen LogP contribution >= 0.6 is 11.6 Å². The Balaban J connectivity index is 2.21. The van der Waals surface area contributed by atoms with Crippen LogP contribution in [0.25, 0.3) is 0 Å². The molecule has 0 unspecified atom stereocenters. The summed E-state index contributed by atoms with van der Waals surface area (Å²) in [5.74, 6) is -0.248. The lowest BCUT2D eigenvalue weighted by Crippen LogP contribution is -2.47. The second kappa shape index (κ2) is 6.28. The summed E-state index contributed by atoms with van der Waals surface area (Å²) in [6.07, 6.45) is 5.66. The van der Waals surface area contributed by atoms with E-state index in [-0.39, 0.29) is 5.91 Å². The molecular formula is C16H19ClN2O. The average molecular weight is 291 g/mol. The summed E-state index contributed by atoms with van der Waals surface area (Å²) < 4.78 is 0. The van der Waals surface area contributed by atoms with Crippen molar-refractivity contribution in [1.82, 2.24) is 5.32 Å². The van der Waals surface area contributed by atoms with E-state index in [1.165, 1.54) is 0 Å². The zero-order chi connectivity index (χ0) is 14.6. The van der Waals surface area contributed by atoms with Crippen molar-refractivity contribution < 1.29 is 4.79 Å². The quantitative estimate of drug-likeness (QED) is 0.837.